The number of carbonyl (C=O) groups excluding carboxylic acids is 3. The smallest absolute Gasteiger partial charge is 0.325 e. The Bertz CT molecular complexity index is 929. The molecule has 0 saturated carbocycles. The number of amides is 4. The van der Waals surface area contributed by atoms with Gasteiger partial charge in [-0.15, -0.1) is 0 Å². The Hall–Kier alpha value is -3.36. The van der Waals surface area contributed by atoms with Crippen molar-refractivity contribution < 1.29 is 27.6 Å². The second-order valence-electron chi connectivity index (χ2n) is 6.53. The number of imide groups is 1. The topological polar surface area (TPSA) is 78.5 Å². The lowest BCUT2D eigenvalue weighted by atomic mass is 9.89. The highest BCUT2D eigenvalue weighted by Gasteiger charge is 2.68. The van der Waals surface area contributed by atoms with Gasteiger partial charge in [-0.2, -0.15) is 13.2 Å². The number of hydrogen-bond donors (Lipinski definition) is 2. The van der Waals surface area contributed by atoms with Gasteiger partial charge in [0, 0.05) is 5.69 Å². The van der Waals surface area contributed by atoms with E-state index in [2.05, 4.69) is 5.32 Å². The van der Waals surface area contributed by atoms with E-state index in [0.29, 0.717) is 5.69 Å². The van der Waals surface area contributed by atoms with Crippen LogP contribution in [0, 0.1) is 0 Å². The second-order valence-corrected chi connectivity index (χ2v) is 6.53. The number of alkyl halides is 3. The van der Waals surface area contributed by atoms with Gasteiger partial charge in [0.25, 0.3) is 5.91 Å². The monoisotopic (exact) mass is 405 g/mol. The van der Waals surface area contributed by atoms with Crippen LogP contribution in [-0.4, -0.2) is 35.5 Å². The van der Waals surface area contributed by atoms with Gasteiger partial charge in [-0.05, 0) is 29.7 Å². The summed E-state index contributed by atoms with van der Waals surface area (Å²) < 4.78 is 41.7. The molecule has 0 aliphatic carbocycles. The van der Waals surface area contributed by atoms with Gasteiger partial charge >= 0.3 is 12.2 Å². The Morgan fingerprint density at radius 3 is 2.24 bits per heavy atom. The fraction of sp³-hybridized carbons (Fsp3) is 0.250. The van der Waals surface area contributed by atoms with Gasteiger partial charge in [0.05, 0.1) is 0 Å². The summed E-state index contributed by atoms with van der Waals surface area (Å²) >= 11 is 0. The molecule has 6 nitrogen and oxygen atoms in total. The van der Waals surface area contributed by atoms with Crippen molar-refractivity contribution in [3.8, 4) is 0 Å². The third-order valence-corrected chi connectivity index (χ3v) is 4.69. The Morgan fingerprint density at radius 1 is 1.07 bits per heavy atom. The largest absolute Gasteiger partial charge is 0.425 e. The molecule has 2 aromatic rings. The van der Waals surface area contributed by atoms with Gasteiger partial charge in [0.1, 0.15) is 6.54 Å². The lowest BCUT2D eigenvalue weighted by Crippen LogP contribution is -2.55. The Labute approximate surface area is 164 Å². The average molecular weight is 405 g/mol. The maximum Gasteiger partial charge on any atom is 0.425 e. The van der Waals surface area contributed by atoms with Crippen LogP contribution < -0.4 is 10.6 Å². The Kier molecular flexibility index (Phi) is 5.32. The third kappa shape index (κ3) is 3.67. The summed E-state index contributed by atoms with van der Waals surface area (Å²) in [4.78, 5) is 37.4. The molecule has 4 amide bonds. The summed E-state index contributed by atoms with van der Waals surface area (Å²) in [6, 6.07) is 11.9. The molecule has 9 heteroatoms. The normalized spacial score (nSPS) is 19.2. The maximum atomic E-state index is 13.9. The third-order valence-electron chi connectivity index (χ3n) is 4.69. The van der Waals surface area contributed by atoms with Gasteiger partial charge in [0.15, 0.2) is 0 Å². The zero-order valence-electron chi connectivity index (χ0n) is 15.4. The van der Waals surface area contributed by atoms with E-state index < -0.39 is 41.7 Å². The van der Waals surface area contributed by atoms with Crippen LogP contribution in [0.2, 0.25) is 0 Å². The summed E-state index contributed by atoms with van der Waals surface area (Å²) in [7, 11) is 0. The number of rotatable bonds is 5. The molecular formula is C20H18F3N3O3. The molecule has 0 spiro atoms. The van der Waals surface area contributed by atoms with Crippen LogP contribution in [0.15, 0.2) is 54.6 Å². The SMILES string of the molecule is CCc1ccc(NC(=O)CN2C(=O)NC(c3ccccc3)(C(F)(F)F)C2=O)cc1. The minimum atomic E-state index is -5.09. The Balaban J connectivity index is 1.82. The second kappa shape index (κ2) is 7.57. The minimum absolute atomic E-state index is 0.274. The van der Waals surface area contributed by atoms with Crippen molar-refractivity contribution in [2.45, 2.75) is 25.1 Å². The van der Waals surface area contributed by atoms with Crippen molar-refractivity contribution in [2.75, 3.05) is 11.9 Å². The highest BCUT2D eigenvalue weighted by molar-refractivity contribution is 6.11. The van der Waals surface area contributed by atoms with Crippen LogP contribution >= 0.6 is 0 Å². The first-order valence-electron chi connectivity index (χ1n) is 8.84. The van der Waals surface area contributed by atoms with Crippen molar-refractivity contribution in [1.29, 1.82) is 0 Å². The van der Waals surface area contributed by atoms with Crippen LogP contribution in [-0.2, 0) is 21.5 Å². The predicted octanol–water partition coefficient (Wildman–Crippen LogP) is 3.20. The van der Waals surface area contributed by atoms with Gasteiger partial charge in [0.2, 0.25) is 11.4 Å². The maximum absolute atomic E-state index is 13.9. The molecule has 2 N–H and O–H groups in total. The van der Waals surface area contributed by atoms with E-state index in [-0.39, 0.29) is 4.90 Å². The van der Waals surface area contributed by atoms with E-state index in [1.807, 2.05) is 6.92 Å². The molecule has 0 aromatic heterocycles. The quantitative estimate of drug-likeness (QED) is 0.750. The molecule has 3 rings (SSSR count). The van der Waals surface area contributed by atoms with Crippen LogP contribution in [0.3, 0.4) is 0 Å². The van der Waals surface area contributed by atoms with Crippen molar-refractivity contribution in [3.05, 3.63) is 65.7 Å². The number of urea groups is 1. The van der Waals surface area contributed by atoms with E-state index in [1.54, 1.807) is 29.6 Å². The number of nitrogens with zero attached hydrogens (tertiary/aromatic N) is 1. The average Bonchev–Trinajstić information content (AvgIpc) is 2.95. The van der Waals surface area contributed by atoms with Gasteiger partial charge < -0.3 is 10.6 Å². The molecule has 0 bridgehead atoms. The van der Waals surface area contributed by atoms with Crippen LogP contribution in [0.25, 0.3) is 0 Å². The molecule has 1 saturated heterocycles. The van der Waals surface area contributed by atoms with E-state index >= 15 is 0 Å². The minimum Gasteiger partial charge on any atom is -0.325 e. The van der Waals surface area contributed by atoms with E-state index in [4.69, 9.17) is 0 Å². The van der Waals surface area contributed by atoms with Gasteiger partial charge in [-0.3, -0.25) is 14.5 Å². The van der Waals surface area contributed by atoms with Crippen LogP contribution in [0.4, 0.5) is 23.7 Å². The number of hydrogen-bond acceptors (Lipinski definition) is 3. The van der Waals surface area contributed by atoms with Gasteiger partial charge in [-0.1, -0.05) is 49.4 Å². The molecule has 152 valence electrons. The molecule has 0 radical (unpaired) electrons. The predicted molar refractivity (Wildman–Crippen MR) is 98.9 cm³/mol. The number of aryl methyl sites for hydroxylation is 1. The van der Waals surface area contributed by atoms with Crippen LogP contribution in [0.5, 0.6) is 0 Å². The standard InChI is InChI=1S/C20H18F3N3O3/c1-2-13-8-10-15(11-9-13)24-16(27)12-26-17(28)19(20(21,22)23,25-18(26)29)14-6-4-3-5-7-14/h3-11H,2,12H2,1H3,(H,24,27)(H,25,29). The molecular weight excluding hydrogens is 387 g/mol. The van der Waals surface area contributed by atoms with E-state index in [1.165, 1.54) is 18.2 Å². The zero-order valence-corrected chi connectivity index (χ0v) is 15.4. The molecule has 1 aliphatic rings. The molecule has 29 heavy (non-hydrogen) atoms. The Morgan fingerprint density at radius 2 is 1.69 bits per heavy atom. The van der Waals surface area contributed by atoms with Gasteiger partial charge in [-0.25, -0.2) is 4.79 Å². The van der Waals surface area contributed by atoms with E-state index in [9.17, 15) is 27.6 Å². The molecule has 1 unspecified atom stereocenters. The molecule has 1 heterocycles. The summed E-state index contributed by atoms with van der Waals surface area (Å²) in [5, 5.41) is 4.21. The summed E-state index contributed by atoms with van der Waals surface area (Å²) in [6.07, 6.45) is -4.29. The first-order valence-corrected chi connectivity index (χ1v) is 8.84. The lowest BCUT2D eigenvalue weighted by molar-refractivity contribution is -0.198. The summed E-state index contributed by atoms with van der Waals surface area (Å²) in [5.41, 5.74) is -2.21. The number of nitrogens with one attached hydrogen (secondary N) is 2. The van der Waals surface area contributed by atoms with Crippen molar-refractivity contribution in [3.63, 3.8) is 0 Å². The number of carbonyl (C=O) groups is 3. The van der Waals surface area contributed by atoms with Crippen molar-refractivity contribution >= 4 is 23.5 Å². The highest BCUT2D eigenvalue weighted by atomic mass is 19.4. The lowest BCUT2D eigenvalue weighted by Gasteiger charge is -2.29. The van der Waals surface area contributed by atoms with Crippen molar-refractivity contribution in [1.82, 2.24) is 10.2 Å². The van der Waals surface area contributed by atoms with Crippen molar-refractivity contribution in [2.24, 2.45) is 0 Å². The highest BCUT2D eigenvalue weighted by Crippen LogP contribution is 2.43. The van der Waals surface area contributed by atoms with Crippen LogP contribution in [0.1, 0.15) is 18.1 Å². The fourth-order valence-corrected chi connectivity index (χ4v) is 3.13. The fourth-order valence-electron chi connectivity index (χ4n) is 3.13. The summed E-state index contributed by atoms with van der Waals surface area (Å²) in [6.45, 7) is 1.12. The molecule has 1 fully saturated rings. The number of benzene rings is 2. The summed E-state index contributed by atoms with van der Waals surface area (Å²) in [5.74, 6) is -2.33. The first kappa shape index (κ1) is 20.4. The molecule has 1 aliphatic heterocycles. The molecule has 1 atom stereocenters. The zero-order chi connectivity index (χ0) is 21.2. The van der Waals surface area contributed by atoms with E-state index in [0.717, 1.165) is 24.1 Å². The first-order chi connectivity index (χ1) is 13.7. The number of anilines is 1. The number of halogens is 3. The molecule has 2 aromatic carbocycles.